The van der Waals surface area contributed by atoms with Crippen LogP contribution in [0.5, 0.6) is 0 Å². The lowest BCUT2D eigenvalue weighted by Gasteiger charge is -2.21. The summed E-state index contributed by atoms with van der Waals surface area (Å²) >= 11 is 3.38. The molecule has 0 bridgehead atoms. The van der Waals surface area contributed by atoms with E-state index in [1.54, 1.807) is 31.2 Å². The quantitative estimate of drug-likeness (QED) is 0.634. The summed E-state index contributed by atoms with van der Waals surface area (Å²) in [5.74, 6) is -0.256. The standard InChI is InChI=1S/C17H12BrN5O2/c1-10(22-16(24)13-4-2-3-5-14(13)17(22)25)15-19-20-21-23(15)12-8-6-11(18)7-9-12/h2-10H,1H3/t10-/m1/s1. The van der Waals surface area contributed by atoms with Crippen LogP contribution in [0.1, 0.15) is 39.5 Å². The van der Waals surface area contributed by atoms with Crippen LogP contribution in [0.2, 0.25) is 0 Å². The van der Waals surface area contributed by atoms with Gasteiger partial charge >= 0.3 is 0 Å². The average molecular weight is 398 g/mol. The Hall–Kier alpha value is -2.87. The van der Waals surface area contributed by atoms with Crippen molar-refractivity contribution >= 4 is 27.7 Å². The second-order valence-corrected chi connectivity index (χ2v) is 6.54. The number of fused-ring (bicyclic) bond motifs is 1. The van der Waals surface area contributed by atoms with Crippen molar-refractivity contribution in [2.45, 2.75) is 13.0 Å². The summed E-state index contributed by atoms with van der Waals surface area (Å²) in [6.45, 7) is 1.74. The first-order valence-corrected chi connectivity index (χ1v) is 8.38. The number of carbonyl (C=O) groups is 2. The second-order valence-electron chi connectivity index (χ2n) is 5.63. The lowest BCUT2D eigenvalue weighted by molar-refractivity contribution is 0.0587. The number of carbonyl (C=O) groups excluding carboxylic acids is 2. The predicted octanol–water partition coefficient (Wildman–Crippen LogP) is 2.78. The molecule has 0 N–H and O–H groups in total. The molecule has 25 heavy (non-hydrogen) atoms. The van der Waals surface area contributed by atoms with Gasteiger partial charge in [0.25, 0.3) is 11.8 Å². The maximum atomic E-state index is 12.7. The van der Waals surface area contributed by atoms with Crippen LogP contribution in [-0.4, -0.2) is 36.9 Å². The minimum atomic E-state index is -0.606. The molecule has 3 aromatic rings. The Balaban J connectivity index is 1.73. The van der Waals surface area contributed by atoms with Gasteiger partial charge in [-0.2, -0.15) is 4.68 Å². The van der Waals surface area contributed by atoms with Gasteiger partial charge in [-0.3, -0.25) is 14.5 Å². The zero-order valence-corrected chi connectivity index (χ0v) is 14.7. The van der Waals surface area contributed by atoms with Crippen LogP contribution in [0.15, 0.2) is 53.0 Å². The molecule has 0 aliphatic carbocycles. The van der Waals surface area contributed by atoms with E-state index in [0.717, 1.165) is 10.2 Å². The number of halogens is 1. The van der Waals surface area contributed by atoms with Crippen LogP contribution >= 0.6 is 15.9 Å². The summed E-state index contributed by atoms with van der Waals surface area (Å²) < 4.78 is 2.46. The molecule has 2 aromatic carbocycles. The highest BCUT2D eigenvalue weighted by Gasteiger charge is 2.40. The van der Waals surface area contributed by atoms with Crippen molar-refractivity contribution in [3.05, 3.63) is 70.0 Å². The Labute approximate surface area is 151 Å². The number of hydrogen-bond acceptors (Lipinski definition) is 5. The normalized spacial score (nSPS) is 14.7. The zero-order valence-electron chi connectivity index (χ0n) is 13.1. The molecular formula is C17H12BrN5O2. The molecule has 0 spiro atoms. The number of benzene rings is 2. The van der Waals surface area contributed by atoms with Crippen molar-refractivity contribution in [3.63, 3.8) is 0 Å². The van der Waals surface area contributed by atoms with Gasteiger partial charge < -0.3 is 0 Å². The third-order valence-electron chi connectivity index (χ3n) is 4.15. The first-order valence-electron chi connectivity index (χ1n) is 7.59. The molecule has 8 heteroatoms. The number of amides is 2. The topological polar surface area (TPSA) is 81.0 Å². The molecule has 1 aliphatic heterocycles. The fraction of sp³-hybridized carbons (Fsp3) is 0.118. The number of nitrogens with zero attached hydrogens (tertiary/aromatic N) is 5. The van der Waals surface area contributed by atoms with Gasteiger partial charge in [0.05, 0.1) is 22.9 Å². The molecule has 2 heterocycles. The molecule has 0 saturated heterocycles. The fourth-order valence-corrected chi connectivity index (χ4v) is 3.16. The monoisotopic (exact) mass is 397 g/mol. The summed E-state index contributed by atoms with van der Waals surface area (Å²) in [5.41, 5.74) is 1.55. The molecule has 1 aliphatic rings. The van der Waals surface area contributed by atoms with Gasteiger partial charge in [-0.15, -0.1) is 5.10 Å². The van der Waals surface area contributed by atoms with Crippen molar-refractivity contribution in [1.82, 2.24) is 25.1 Å². The summed E-state index contributed by atoms with van der Waals surface area (Å²) in [6.07, 6.45) is 0. The lowest BCUT2D eigenvalue weighted by Crippen LogP contribution is -2.34. The van der Waals surface area contributed by atoms with E-state index in [2.05, 4.69) is 31.5 Å². The van der Waals surface area contributed by atoms with Crippen molar-refractivity contribution in [3.8, 4) is 5.69 Å². The molecular weight excluding hydrogens is 386 g/mol. The number of rotatable bonds is 3. The van der Waals surface area contributed by atoms with Crippen LogP contribution in [0.4, 0.5) is 0 Å². The van der Waals surface area contributed by atoms with Crippen molar-refractivity contribution < 1.29 is 9.59 Å². The maximum Gasteiger partial charge on any atom is 0.262 e. The van der Waals surface area contributed by atoms with E-state index >= 15 is 0 Å². The van der Waals surface area contributed by atoms with Gasteiger partial charge in [-0.1, -0.05) is 28.1 Å². The Morgan fingerprint density at radius 2 is 1.56 bits per heavy atom. The summed E-state index contributed by atoms with van der Waals surface area (Å²) in [5, 5.41) is 11.7. The Morgan fingerprint density at radius 1 is 0.960 bits per heavy atom. The fourth-order valence-electron chi connectivity index (χ4n) is 2.90. The SMILES string of the molecule is C[C@H](c1nnnn1-c1ccc(Br)cc1)N1C(=O)c2ccccc2C1=O. The van der Waals surface area contributed by atoms with Gasteiger partial charge in [0.15, 0.2) is 5.82 Å². The highest BCUT2D eigenvalue weighted by Crippen LogP contribution is 2.30. The van der Waals surface area contributed by atoms with E-state index in [0.29, 0.717) is 17.0 Å². The van der Waals surface area contributed by atoms with Crippen LogP contribution in [0, 0.1) is 0 Å². The maximum absolute atomic E-state index is 12.7. The smallest absolute Gasteiger partial charge is 0.262 e. The number of imide groups is 1. The van der Waals surface area contributed by atoms with Crippen LogP contribution in [0.25, 0.3) is 5.69 Å². The van der Waals surface area contributed by atoms with Crippen molar-refractivity contribution in [2.24, 2.45) is 0 Å². The van der Waals surface area contributed by atoms with E-state index in [4.69, 9.17) is 0 Å². The molecule has 0 fully saturated rings. The number of tetrazole rings is 1. The highest BCUT2D eigenvalue weighted by atomic mass is 79.9. The van der Waals surface area contributed by atoms with Gasteiger partial charge in [-0.05, 0) is 53.7 Å². The first kappa shape index (κ1) is 15.6. The molecule has 0 radical (unpaired) electrons. The number of aromatic nitrogens is 4. The zero-order chi connectivity index (χ0) is 17.6. The molecule has 1 aromatic heterocycles. The summed E-state index contributed by atoms with van der Waals surface area (Å²) in [7, 11) is 0. The molecule has 0 unspecified atom stereocenters. The van der Waals surface area contributed by atoms with Crippen LogP contribution in [0.3, 0.4) is 0 Å². The lowest BCUT2D eigenvalue weighted by atomic mass is 10.1. The molecule has 2 amide bonds. The Bertz CT molecular complexity index is 948. The minimum Gasteiger partial charge on any atom is -0.269 e. The van der Waals surface area contributed by atoms with Crippen LogP contribution < -0.4 is 0 Å². The molecule has 1 atom stereocenters. The van der Waals surface area contributed by atoms with Crippen LogP contribution in [-0.2, 0) is 0 Å². The predicted molar refractivity (Wildman–Crippen MR) is 92.2 cm³/mol. The largest absolute Gasteiger partial charge is 0.269 e. The average Bonchev–Trinajstić information content (AvgIpc) is 3.20. The molecule has 124 valence electrons. The minimum absolute atomic E-state index is 0.335. The van der Waals surface area contributed by atoms with Gasteiger partial charge in [0.2, 0.25) is 0 Å². The summed E-state index contributed by atoms with van der Waals surface area (Å²) in [4.78, 5) is 26.5. The van der Waals surface area contributed by atoms with Gasteiger partial charge in [0, 0.05) is 4.47 Å². The van der Waals surface area contributed by atoms with E-state index in [-0.39, 0.29) is 11.8 Å². The Kier molecular flexibility index (Phi) is 3.69. The van der Waals surface area contributed by atoms with Crippen molar-refractivity contribution in [1.29, 1.82) is 0 Å². The third kappa shape index (κ3) is 2.45. The Morgan fingerprint density at radius 3 is 2.16 bits per heavy atom. The second kappa shape index (κ2) is 5.89. The number of hydrogen-bond donors (Lipinski definition) is 0. The van der Waals surface area contributed by atoms with Gasteiger partial charge in [0.1, 0.15) is 0 Å². The highest BCUT2D eigenvalue weighted by molar-refractivity contribution is 9.10. The van der Waals surface area contributed by atoms with E-state index < -0.39 is 6.04 Å². The molecule has 0 saturated carbocycles. The van der Waals surface area contributed by atoms with Gasteiger partial charge in [-0.25, -0.2) is 0 Å². The van der Waals surface area contributed by atoms with E-state index in [1.165, 1.54) is 9.58 Å². The van der Waals surface area contributed by atoms with E-state index in [9.17, 15) is 9.59 Å². The third-order valence-corrected chi connectivity index (χ3v) is 4.68. The van der Waals surface area contributed by atoms with E-state index in [1.807, 2.05) is 24.3 Å². The molecule has 7 nitrogen and oxygen atoms in total. The summed E-state index contributed by atoms with van der Waals surface area (Å²) in [6, 6.07) is 13.6. The van der Waals surface area contributed by atoms with Crippen molar-refractivity contribution in [2.75, 3.05) is 0 Å². The molecule has 4 rings (SSSR count). The first-order chi connectivity index (χ1) is 12.1.